The van der Waals surface area contributed by atoms with Crippen molar-refractivity contribution in [3.8, 4) is 0 Å². The summed E-state index contributed by atoms with van der Waals surface area (Å²) in [6.45, 7) is 0. The second-order valence-electron chi connectivity index (χ2n) is 4.57. The van der Waals surface area contributed by atoms with Crippen LogP contribution < -0.4 is 5.32 Å². The monoisotopic (exact) mass is 248 g/mol. The smallest absolute Gasteiger partial charge is 0.394 e. The van der Waals surface area contributed by atoms with E-state index in [-0.39, 0.29) is 5.82 Å². The third-order valence-corrected chi connectivity index (χ3v) is 3.30. The fraction of sp³-hybridized carbons (Fsp3) is 0.462. The molecule has 1 fully saturated rings. The normalized spacial score (nSPS) is 16.2. The maximum absolute atomic E-state index is 10.9. The minimum atomic E-state index is -1.51. The molecule has 1 aromatic heterocycles. The van der Waals surface area contributed by atoms with Gasteiger partial charge in [0.05, 0.1) is 0 Å². The first-order valence-electron chi connectivity index (χ1n) is 6.17. The van der Waals surface area contributed by atoms with Crippen LogP contribution in [-0.4, -0.2) is 22.0 Å². The zero-order valence-electron chi connectivity index (χ0n) is 10.1. The maximum atomic E-state index is 10.9. The van der Waals surface area contributed by atoms with Crippen LogP contribution in [0.15, 0.2) is 18.3 Å². The molecule has 18 heavy (non-hydrogen) atoms. The van der Waals surface area contributed by atoms with E-state index in [4.69, 9.17) is 5.11 Å². The summed E-state index contributed by atoms with van der Waals surface area (Å²) < 4.78 is 0. The summed E-state index contributed by atoms with van der Waals surface area (Å²) in [6, 6.07) is 3.57. The lowest BCUT2D eigenvalue weighted by atomic mass is 9.85. The number of rotatable bonds is 2. The summed E-state index contributed by atoms with van der Waals surface area (Å²) in [7, 11) is 0. The van der Waals surface area contributed by atoms with Crippen LogP contribution in [0.3, 0.4) is 0 Å². The lowest BCUT2D eigenvalue weighted by Crippen LogP contribution is -2.22. The first-order valence-corrected chi connectivity index (χ1v) is 6.17. The van der Waals surface area contributed by atoms with Gasteiger partial charge in [0.25, 0.3) is 0 Å². The second-order valence-corrected chi connectivity index (χ2v) is 4.57. The molecule has 0 atom stereocenters. The number of anilines is 1. The molecular weight excluding hydrogens is 232 g/mol. The number of amides is 1. The highest BCUT2D eigenvalue weighted by molar-refractivity contribution is 6.36. The van der Waals surface area contributed by atoms with Crippen LogP contribution in [0, 0.1) is 0 Å². The molecule has 2 rings (SSSR count). The number of carbonyl (C=O) groups excluding carboxylic acids is 1. The van der Waals surface area contributed by atoms with Crippen LogP contribution in [0.4, 0.5) is 5.82 Å². The topological polar surface area (TPSA) is 79.3 Å². The summed E-state index contributed by atoms with van der Waals surface area (Å²) in [6.07, 6.45) is 7.90. The number of aliphatic carboxylic acids is 1. The highest BCUT2D eigenvalue weighted by Crippen LogP contribution is 2.32. The van der Waals surface area contributed by atoms with E-state index in [0.717, 1.165) is 0 Å². The standard InChI is InChI=1S/C13H16N2O3/c16-12(13(17)18)15-11-7-6-10(8-14-11)9-4-2-1-3-5-9/h6-9H,1-5H2,(H,17,18)(H,14,15,16). The van der Waals surface area contributed by atoms with Crippen LogP contribution in [0.2, 0.25) is 0 Å². The Morgan fingerprint density at radius 2 is 1.94 bits per heavy atom. The molecule has 1 aliphatic carbocycles. The van der Waals surface area contributed by atoms with Gasteiger partial charge in [-0.3, -0.25) is 4.79 Å². The minimum Gasteiger partial charge on any atom is -0.474 e. The number of pyridine rings is 1. The predicted molar refractivity (Wildman–Crippen MR) is 66.3 cm³/mol. The molecule has 0 bridgehead atoms. The number of nitrogens with one attached hydrogen (secondary N) is 1. The van der Waals surface area contributed by atoms with E-state index in [9.17, 15) is 9.59 Å². The molecule has 5 nitrogen and oxygen atoms in total. The lowest BCUT2D eigenvalue weighted by molar-refractivity contribution is -0.147. The van der Waals surface area contributed by atoms with E-state index in [2.05, 4.69) is 10.3 Å². The Labute approximate surface area is 105 Å². The summed E-state index contributed by atoms with van der Waals surface area (Å²) >= 11 is 0. The number of hydrogen-bond acceptors (Lipinski definition) is 3. The number of carboxylic acid groups (broad SMARTS) is 1. The Balaban J connectivity index is 2.00. The van der Waals surface area contributed by atoms with Crippen LogP contribution >= 0.6 is 0 Å². The Kier molecular flexibility index (Phi) is 3.92. The van der Waals surface area contributed by atoms with Crippen LogP contribution in [-0.2, 0) is 9.59 Å². The molecule has 1 heterocycles. The average molecular weight is 248 g/mol. The highest BCUT2D eigenvalue weighted by atomic mass is 16.4. The first kappa shape index (κ1) is 12.5. The van der Waals surface area contributed by atoms with Crippen molar-refractivity contribution in [1.29, 1.82) is 0 Å². The molecule has 0 saturated heterocycles. The van der Waals surface area contributed by atoms with E-state index in [1.165, 1.54) is 37.7 Å². The molecule has 0 radical (unpaired) electrons. The van der Waals surface area contributed by atoms with Crippen molar-refractivity contribution in [3.63, 3.8) is 0 Å². The molecule has 1 saturated carbocycles. The molecule has 0 aliphatic heterocycles. The van der Waals surface area contributed by atoms with Crippen LogP contribution in [0.1, 0.15) is 43.6 Å². The average Bonchev–Trinajstić information content (AvgIpc) is 2.40. The molecule has 1 aliphatic rings. The van der Waals surface area contributed by atoms with Gasteiger partial charge in [-0.05, 0) is 30.4 Å². The number of carbonyl (C=O) groups is 2. The third-order valence-electron chi connectivity index (χ3n) is 3.30. The minimum absolute atomic E-state index is 0.280. The van der Waals surface area contributed by atoms with Crippen molar-refractivity contribution in [1.82, 2.24) is 4.98 Å². The van der Waals surface area contributed by atoms with Gasteiger partial charge in [0.2, 0.25) is 0 Å². The SMILES string of the molecule is O=C(O)C(=O)Nc1ccc(C2CCCCC2)cn1. The molecule has 96 valence electrons. The molecule has 1 aromatic rings. The zero-order chi connectivity index (χ0) is 13.0. The van der Waals surface area contributed by atoms with Gasteiger partial charge in [-0.2, -0.15) is 0 Å². The van der Waals surface area contributed by atoms with Gasteiger partial charge in [0.15, 0.2) is 0 Å². The van der Waals surface area contributed by atoms with Gasteiger partial charge in [0, 0.05) is 6.20 Å². The predicted octanol–water partition coefficient (Wildman–Crippen LogP) is 2.15. The van der Waals surface area contributed by atoms with Gasteiger partial charge < -0.3 is 10.4 Å². The van der Waals surface area contributed by atoms with Gasteiger partial charge >= 0.3 is 11.9 Å². The van der Waals surface area contributed by atoms with E-state index >= 15 is 0 Å². The Morgan fingerprint density at radius 1 is 1.22 bits per heavy atom. The highest BCUT2D eigenvalue weighted by Gasteiger charge is 2.16. The van der Waals surface area contributed by atoms with Crippen molar-refractivity contribution in [2.75, 3.05) is 5.32 Å². The molecule has 5 heteroatoms. The van der Waals surface area contributed by atoms with Crippen molar-refractivity contribution >= 4 is 17.7 Å². The lowest BCUT2D eigenvalue weighted by Gasteiger charge is -2.21. The van der Waals surface area contributed by atoms with Crippen molar-refractivity contribution < 1.29 is 14.7 Å². The summed E-state index contributed by atoms with van der Waals surface area (Å²) in [5.74, 6) is -1.74. The molecular formula is C13H16N2O3. The Morgan fingerprint density at radius 3 is 2.50 bits per heavy atom. The number of hydrogen-bond donors (Lipinski definition) is 2. The number of nitrogens with zero attached hydrogens (tertiary/aromatic N) is 1. The number of carboxylic acids is 1. The molecule has 0 unspecified atom stereocenters. The molecule has 0 aromatic carbocycles. The van der Waals surface area contributed by atoms with Crippen molar-refractivity contribution in [3.05, 3.63) is 23.9 Å². The fourth-order valence-corrected chi connectivity index (χ4v) is 2.33. The Hall–Kier alpha value is -1.91. The van der Waals surface area contributed by atoms with Gasteiger partial charge in [-0.1, -0.05) is 25.3 Å². The van der Waals surface area contributed by atoms with Crippen LogP contribution in [0.5, 0.6) is 0 Å². The fourth-order valence-electron chi connectivity index (χ4n) is 2.33. The number of aromatic nitrogens is 1. The second kappa shape index (κ2) is 5.62. The molecule has 1 amide bonds. The van der Waals surface area contributed by atoms with E-state index in [1.807, 2.05) is 6.07 Å². The van der Waals surface area contributed by atoms with E-state index in [1.54, 1.807) is 12.3 Å². The quantitative estimate of drug-likeness (QED) is 0.786. The molecule has 0 spiro atoms. The van der Waals surface area contributed by atoms with Crippen LogP contribution in [0.25, 0.3) is 0 Å². The van der Waals surface area contributed by atoms with Gasteiger partial charge in [0.1, 0.15) is 5.82 Å². The van der Waals surface area contributed by atoms with Gasteiger partial charge in [-0.25, -0.2) is 9.78 Å². The maximum Gasteiger partial charge on any atom is 0.394 e. The van der Waals surface area contributed by atoms with E-state index < -0.39 is 11.9 Å². The van der Waals surface area contributed by atoms with Crippen molar-refractivity contribution in [2.24, 2.45) is 0 Å². The summed E-state index contributed by atoms with van der Waals surface area (Å²) in [4.78, 5) is 25.4. The summed E-state index contributed by atoms with van der Waals surface area (Å²) in [5.41, 5.74) is 1.17. The van der Waals surface area contributed by atoms with Gasteiger partial charge in [-0.15, -0.1) is 0 Å². The zero-order valence-corrected chi connectivity index (χ0v) is 10.1. The summed E-state index contributed by atoms with van der Waals surface area (Å²) in [5, 5.41) is 10.7. The third kappa shape index (κ3) is 3.06. The van der Waals surface area contributed by atoms with Crippen molar-refractivity contribution in [2.45, 2.75) is 38.0 Å². The first-order chi connectivity index (χ1) is 8.66. The Bertz CT molecular complexity index is 436. The largest absolute Gasteiger partial charge is 0.474 e. The molecule has 2 N–H and O–H groups in total. The van der Waals surface area contributed by atoms with E-state index in [0.29, 0.717) is 5.92 Å².